The van der Waals surface area contributed by atoms with E-state index in [9.17, 15) is 18.8 Å². The van der Waals surface area contributed by atoms with Crippen molar-refractivity contribution >= 4 is 34.9 Å². The van der Waals surface area contributed by atoms with Gasteiger partial charge in [-0.2, -0.15) is 0 Å². The molecule has 0 spiro atoms. The SMILES string of the molecule is CCCC(=O)NCCN1C(=O)S/C(=C/c2ccc(F)cc2)C1=O. The van der Waals surface area contributed by atoms with Crippen LogP contribution in [0.3, 0.4) is 0 Å². The predicted molar refractivity (Wildman–Crippen MR) is 87.0 cm³/mol. The zero-order chi connectivity index (χ0) is 16.8. The molecule has 3 amide bonds. The minimum atomic E-state index is -0.394. The quantitative estimate of drug-likeness (QED) is 0.811. The van der Waals surface area contributed by atoms with E-state index in [4.69, 9.17) is 0 Å². The summed E-state index contributed by atoms with van der Waals surface area (Å²) >= 11 is 0.842. The maximum atomic E-state index is 12.9. The second-order valence-corrected chi connectivity index (χ2v) is 5.98. The fourth-order valence-corrected chi connectivity index (χ4v) is 2.89. The molecule has 1 aromatic carbocycles. The van der Waals surface area contributed by atoms with Crippen molar-refractivity contribution in [1.29, 1.82) is 0 Å². The molecule has 1 aliphatic rings. The standard InChI is InChI=1S/C16H17FN2O3S/c1-2-3-14(20)18-8-9-19-15(21)13(23-16(19)22)10-11-4-6-12(17)7-5-11/h4-7,10H,2-3,8-9H2,1H3,(H,18,20)/b13-10+. The van der Waals surface area contributed by atoms with Crippen LogP contribution in [0.25, 0.3) is 6.08 Å². The number of hydrogen-bond donors (Lipinski definition) is 1. The van der Waals surface area contributed by atoms with Crippen molar-refractivity contribution in [2.24, 2.45) is 0 Å². The minimum absolute atomic E-state index is 0.0960. The number of hydrogen-bond acceptors (Lipinski definition) is 4. The molecule has 7 heteroatoms. The molecule has 1 N–H and O–H groups in total. The fourth-order valence-electron chi connectivity index (χ4n) is 2.03. The van der Waals surface area contributed by atoms with Crippen LogP contribution in [0.1, 0.15) is 25.3 Å². The predicted octanol–water partition coefficient (Wildman–Crippen LogP) is 2.78. The molecule has 0 bridgehead atoms. The molecular formula is C16H17FN2O3S. The van der Waals surface area contributed by atoms with Crippen molar-refractivity contribution in [3.63, 3.8) is 0 Å². The summed E-state index contributed by atoms with van der Waals surface area (Å²) in [6.45, 7) is 2.28. The summed E-state index contributed by atoms with van der Waals surface area (Å²) in [6.07, 6.45) is 2.72. The molecule has 0 saturated carbocycles. The van der Waals surface area contributed by atoms with Gasteiger partial charge in [-0.25, -0.2) is 4.39 Å². The highest BCUT2D eigenvalue weighted by Gasteiger charge is 2.34. The normalized spacial score (nSPS) is 16.3. The van der Waals surface area contributed by atoms with E-state index in [0.717, 1.165) is 23.1 Å². The lowest BCUT2D eigenvalue weighted by molar-refractivity contribution is -0.124. The van der Waals surface area contributed by atoms with Crippen molar-refractivity contribution in [1.82, 2.24) is 10.2 Å². The molecule has 0 aliphatic carbocycles. The first kappa shape index (κ1) is 17.2. The third-order valence-corrected chi connectivity index (χ3v) is 4.08. The lowest BCUT2D eigenvalue weighted by atomic mass is 10.2. The maximum Gasteiger partial charge on any atom is 0.293 e. The van der Waals surface area contributed by atoms with Crippen LogP contribution in [-0.2, 0) is 9.59 Å². The first-order chi connectivity index (χ1) is 11.0. The van der Waals surface area contributed by atoms with E-state index < -0.39 is 5.91 Å². The number of benzene rings is 1. The largest absolute Gasteiger partial charge is 0.354 e. The number of halogens is 1. The van der Waals surface area contributed by atoms with Gasteiger partial charge in [0.2, 0.25) is 5.91 Å². The highest BCUT2D eigenvalue weighted by atomic mass is 32.2. The van der Waals surface area contributed by atoms with Crippen molar-refractivity contribution in [3.05, 3.63) is 40.6 Å². The van der Waals surface area contributed by atoms with Gasteiger partial charge in [-0.05, 0) is 42.0 Å². The van der Waals surface area contributed by atoms with Gasteiger partial charge in [0.05, 0.1) is 4.91 Å². The van der Waals surface area contributed by atoms with Gasteiger partial charge in [-0.1, -0.05) is 19.1 Å². The van der Waals surface area contributed by atoms with Gasteiger partial charge in [-0.15, -0.1) is 0 Å². The topological polar surface area (TPSA) is 66.5 Å². The summed E-state index contributed by atoms with van der Waals surface area (Å²) in [5.41, 5.74) is 0.646. The number of imide groups is 1. The van der Waals surface area contributed by atoms with E-state index in [1.807, 2.05) is 6.92 Å². The number of carbonyl (C=O) groups excluding carboxylic acids is 3. The van der Waals surface area contributed by atoms with Crippen molar-refractivity contribution in [2.75, 3.05) is 13.1 Å². The van der Waals surface area contributed by atoms with E-state index in [0.29, 0.717) is 16.9 Å². The second-order valence-electron chi connectivity index (χ2n) is 4.98. The van der Waals surface area contributed by atoms with E-state index in [1.165, 1.54) is 24.3 Å². The Morgan fingerprint density at radius 2 is 2.00 bits per heavy atom. The lowest BCUT2D eigenvalue weighted by Gasteiger charge is -2.12. The van der Waals surface area contributed by atoms with Gasteiger partial charge in [0.1, 0.15) is 5.82 Å². The Labute approximate surface area is 137 Å². The van der Waals surface area contributed by atoms with E-state index in [-0.39, 0.29) is 30.1 Å². The Kier molecular flexibility index (Phi) is 5.92. The Morgan fingerprint density at radius 1 is 1.30 bits per heavy atom. The van der Waals surface area contributed by atoms with Crippen LogP contribution in [-0.4, -0.2) is 35.0 Å². The summed E-state index contributed by atoms with van der Waals surface area (Å²) in [7, 11) is 0. The monoisotopic (exact) mass is 336 g/mol. The molecule has 2 rings (SSSR count). The number of rotatable bonds is 6. The average Bonchev–Trinajstić information content (AvgIpc) is 2.77. The Bertz CT molecular complexity index is 643. The average molecular weight is 336 g/mol. The molecular weight excluding hydrogens is 319 g/mol. The van der Waals surface area contributed by atoms with Crippen LogP contribution in [0.4, 0.5) is 9.18 Å². The van der Waals surface area contributed by atoms with Gasteiger partial charge in [0.15, 0.2) is 0 Å². The summed E-state index contributed by atoms with van der Waals surface area (Å²) in [6, 6.07) is 5.65. The molecule has 122 valence electrons. The molecule has 1 aliphatic heterocycles. The van der Waals surface area contributed by atoms with Crippen LogP contribution in [0.5, 0.6) is 0 Å². The molecule has 0 unspecified atom stereocenters. The molecule has 0 atom stereocenters. The second kappa shape index (κ2) is 7.92. The Balaban J connectivity index is 1.96. The molecule has 0 aromatic heterocycles. The highest BCUT2D eigenvalue weighted by Crippen LogP contribution is 2.31. The van der Waals surface area contributed by atoms with Crippen LogP contribution >= 0.6 is 11.8 Å². The van der Waals surface area contributed by atoms with Crippen molar-refractivity contribution in [3.8, 4) is 0 Å². The van der Waals surface area contributed by atoms with E-state index in [2.05, 4.69) is 5.32 Å². The molecule has 1 saturated heterocycles. The fraction of sp³-hybridized carbons (Fsp3) is 0.312. The third kappa shape index (κ3) is 4.66. The first-order valence-electron chi connectivity index (χ1n) is 7.29. The summed E-state index contributed by atoms with van der Waals surface area (Å²) in [5.74, 6) is -0.853. The van der Waals surface area contributed by atoms with Crippen LogP contribution in [0.2, 0.25) is 0 Å². The molecule has 0 radical (unpaired) electrons. The van der Waals surface area contributed by atoms with Crippen molar-refractivity contribution in [2.45, 2.75) is 19.8 Å². The molecule has 1 fully saturated rings. The molecule has 5 nitrogen and oxygen atoms in total. The van der Waals surface area contributed by atoms with Crippen LogP contribution in [0.15, 0.2) is 29.2 Å². The van der Waals surface area contributed by atoms with Crippen LogP contribution < -0.4 is 5.32 Å². The minimum Gasteiger partial charge on any atom is -0.354 e. The zero-order valence-electron chi connectivity index (χ0n) is 12.7. The van der Waals surface area contributed by atoms with Gasteiger partial charge in [-0.3, -0.25) is 19.3 Å². The highest BCUT2D eigenvalue weighted by molar-refractivity contribution is 8.18. The number of nitrogens with one attached hydrogen (secondary N) is 1. The maximum absolute atomic E-state index is 12.9. The Morgan fingerprint density at radius 3 is 2.65 bits per heavy atom. The smallest absolute Gasteiger partial charge is 0.293 e. The summed E-state index contributed by atoms with van der Waals surface area (Å²) in [4.78, 5) is 36.9. The molecule has 1 heterocycles. The zero-order valence-corrected chi connectivity index (χ0v) is 13.5. The number of thioether (sulfide) groups is 1. The van der Waals surface area contributed by atoms with Gasteiger partial charge in [0.25, 0.3) is 11.1 Å². The lowest BCUT2D eigenvalue weighted by Crippen LogP contribution is -2.37. The van der Waals surface area contributed by atoms with Crippen LogP contribution in [0, 0.1) is 5.82 Å². The number of amides is 3. The van der Waals surface area contributed by atoms with E-state index >= 15 is 0 Å². The summed E-state index contributed by atoms with van der Waals surface area (Å²) < 4.78 is 12.9. The van der Waals surface area contributed by atoms with Gasteiger partial charge >= 0.3 is 0 Å². The third-order valence-electron chi connectivity index (χ3n) is 3.18. The first-order valence-corrected chi connectivity index (χ1v) is 8.10. The van der Waals surface area contributed by atoms with E-state index in [1.54, 1.807) is 6.08 Å². The van der Waals surface area contributed by atoms with Crippen molar-refractivity contribution < 1.29 is 18.8 Å². The number of carbonyl (C=O) groups is 3. The molecule has 1 aromatic rings. The molecule has 23 heavy (non-hydrogen) atoms. The van der Waals surface area contributed by atoms with Gasteiger partial charge in [0, 0.05) is 19.5 Å². The van der Waals surface area contributed by atoms with Gasteiger partial charge < -0.3 is 5.32 Å². The Hall–Kier alpha value is -2.15. The summed E-state index contributed by atoms with van der Waals surface area (Å²) in [5, 5.41) is 2.30. The number of nitrogens with zero attached hydrogens (tertiary/aromatic N) is 1.